The van der Waals surface area contributed by atoms with Crippen LogP contribution in [0.25, 0.3) is 0 Å². The first kappa shape index (κ1) is 27.1. The molecule has 1 aliphatic heterocycles. The Kier molecular flexibility index (Phi) is 10.1. The molecule has 1 atom stereocenters. The highest BCUT2D eigenvalue weighted by Crippen LogP contribution is 2.23. The van der Waals surface area contributed by atoms with Gasteiger partial charge in [-0.25, -0.2) is 9.18 Å². The SMILES string of the molecule is O=C(Nc1ccc(Oc2ccc(F)cc2)cc1)N[C@H](Cc1ccccc1)C(=O)NCCCN1CCOCC1. The van der Waals surface area contributed by atoms with Crippen molar-refractivity contribution in [2.24, 2.45) is 0 Å². The maximum Gasteiger partial charge on any atom is 0.319 e. The van der Waals surface area contributed by atoms with Crippen molar-refractivity contribution >= 4 is 17.6 Å². The van der Waals surface area contributed by atoms with Crippen LogP contribution in [0.2, 0.25) is 0 Å². The Morgan fingerprint density at radius 1 is 0.921 bits per heavy atom. The van der Waals surface area contributed by atoms with Gasteiger partial charge in [0.15, 0.2) is 0 Å². The molecule has 3 N–H and O–H groups in total. The van der Waals surface area contributed by atoms with Crippen LogP contribution in [0.5, 0.6) is 11.5 Å². The molecule has 0 radical (unpaired) electrons. The third kappa shape index (κ3) is 8.86. The summed E-state index contributed by atoms with van der Waals surface area (Å²) in [6.07, 6.45) is 1.19. The molecule has 3 amide bonds. The van der Waals surface area contributed by atoms with E-state index in [1.807, 2.05) is 30.3 Å². The summed E-state index contributed by atoms with van der Waals surface area (Å²) in [4.78, 5) is 28.1. The lowest BCUT2D eigenvalue weighted by atomic mass is 10.1. The quantitative estimate of drug-likeness (QED) is 0.330. The zero-order chi connectivity index (χ0) is 26.6. The number of morpholine rings is 1. The second kappa shape index (κ2) is 14.1. The number of carbonyl (C=O) groups is 2. The molecule has 1 aliphatic rings. The van der Waals surface area contributed by atoms with Crippen LogP contribution >= 0.6 is 0 Å². The highest BCUT2D eigenvalue weighted by atomic mass is 19.1. The van der Waals surface area contributed by atoms with Gasteiger partial charge >= 0.3 is 6.03 Å². The lowest BCUT2D eigenvalue weighted by molar-refractivity contribution is -0.122. The summed E-state index contributed by atoms with van der Waals surface area (Å²) in [7, 11) is 0. The topological polar surface area (TPSA) is 91.9 Å². The number of amides is 3. The van der Waals surface area contributed by atoms with Gasteiger partial charge in [-0.05, 0) is 67.1 Å². The molecule has 0 saturated carbocycles. The average molecular weight is 521 g/mol. The van der Waals surface area contributed by atoms with Gasteiger partial charge in [-0.15, -0.1) is 0 Å². The van der Waals surface area contributed by atoms with E-state index in [-0.39, 0.29) is 11.7 Å². The van der Waals surface area contributed by atoms with Gasteiger partial charge in [-0.1, -0.05) is 30.3 Å². The Labute approximate surface area is 222 Å². The maximum absolute atomic E-state index is 13.1. The van der Waals surface area contributed by atoms with E-state index in [0.717, 1.165) is 44.8 Å². The fourth-order valence-corrected chi connectivity index (χ4v) is 4.09. The van der Waals surface area contributed by atoms with Crippen molar-refractivity contribution < 1.29 is 23.5 Å². The third-order valence-electron chi connectivity index (χ3n) is 6.12. The second-order valence-electron chi connectivity index (χ2n) is 9.02. The van der Waals surface area contributed by atoms with E-state index < -0.39 is 12.1 Å². The standard InChI is InChI=1S/C29H33FN4O4/c30-23-7-11-25(12-8-23)38-26-13-9-24(10-14-26)32-29(36)33-27(21-22-5-2-1-3-6-22)28(35)31-15-4-16-34-17-19-37-20-18-34/h1-3,5-14,27H,4,15-21H2,(H,31,35)(H2,32,33,36)/t27-/m1/s1. The van der Waals surface area contributed by atoms with Crippen LogP contribution in [0.1, 0.15) is 12.0 Å². The van der Waals surface area contributed by atoms with Crippen molar-refractivity contribution in [3.63, 3.8) is 0 Å². The number of nitrogens with zero attached hydrogens (tertiary/aromatic N) is 1. The second-order valence-corrected chi connectivity index (χ2v) is 9.02. The molecule has 38 heavy (non-hydrogen) atoms. The van der Waals surface area contributed by atoms with Crippen molar-refractivity contribution in [3.8, 4) is 11.5 Å². The number of ether oxygens (including phenoxy) is 2. The number of hydrogen-bond acceptors (Lipinski definition) is 5. The first-order chi connectivity index (χ1) is 18.5. The monoisotopic (exact) mass is 520 g/mol. The lowest BCUT2D eigenvalue weighted by Crippen LogP contribution is -2.49. The minimum Gasteiger partial charge on any atom is -0.457 e. The van der Waals surface area contributed by atoms with Crippen LogP contribution in [0.15, 0.2) is 78.9 Å². The molecule has 4 rings (SSSR count). The minimum absolute atomic E-state index is 0.228. The molecule has 0 unspecified atom stereocenters. The molecule has 9 heteroatoms. The largest absolute Gasteiger partial charge is 0.457 e. The summed E-state index contributed by atoms with van der Waals surface area (Å²) in [6, 6.07) is 20.8. The molecule has 0 aliphatic carbocycles. The Morgan fingerprint density at radius 2 is 1.58 bits per heavy atom. The molecule has 3 aromatic rings. The number of anilines is 1. The summed E-state index contributed by atoms with van der Waals surface area (Å²) in [5.74, 6) is 0.481. The van der Waals surface area contributed by atoms with Crippen molar-refractivity contribution in [2.75, 3.05) is 44.7 Å². The number of nitrogens with one attached hydrogen (secondary N) is 3. The van der Waals surface area contributed by atoms with Gasteiger partial charge in [-0.2, -0.15) is 0 Å². The smallest absolute Gasteiger partial charge is 0.319 e. The normalized spacial score (nSPS) is 14.3. The first-order valence-electron chi connectivity index (χ1n) is 12.8. The molecule has 3 aromatic carbocycles. The summed E-state index contributed by atoms with van der Waals surface area (Å²) in [6.45, 7) is 4.72. The number of urea groups is 1. The minimum atomic E-state index is -0.734. The Bertz CT molecular complexity index is 1150. The summed E-state index contributed by atoms with van der Waals surface area (Å²) in [5, 5.41) is 8.54. The number of halogens is 1. The molecule has 1 saturated heterocycles. The van der Waals surface area contributed by atoms with Gasteiger partial charge in [0.25, 0.3) is 0 Å². The van der Waals surface area contributed by atoms with Crippen LogP contribution in [-0.2, 0) is 16.0 Å². The van der Waals surface area contributed by atoms with Gasteiger partial charge < -0.3 is 25.4 Å². The van der Waals surface area contributed by atoms with Crippen LogP contribution in [0, 0.1) is 5.82 Å². The summed E-state index contributed by atoms with van der Waals surface area (Å²) < 4.78 is 24.1. The van der Waals surface area contributed by atoms with Gasteiger partial charge in [-0.3, -0.25) is 9.69 Å². The van der Waals surface area contributed by atoms with E-state index in [0.29, 0.717) is 30.2 Å². The Balaban J connectivity index is 1.29. The predicted octanol–water partition coefficient (Wildman–Crippen LogP) is 4.19. The Hall–Kier alpha value is -3.95. The Morgan fingerprint density at radius 3 is 2.26 bits per heavy atom. The fourth-order valence-electron chi connectivity index (χ4n) is 4.09. The number of benzene rings is 3. The average Bonchev–Trinajstić information content (AvgIpc) is 2.94. The zero-order valence-electron chi connectivity index (χ0n) is 21.2. The van der Waals surface area contributed by atoms with Gasteiger partial charge in [0, 0.05) is 31.7 Å². The van der Waals surface area contributed by atoms with Crippen LogP contribution in [0.4, 0.5) is 14.9 Å². The zero-order valence-corrected chi connectivity index (χ0v) is 21.2. The molecule has 0 bridgehead atoms. The van der Waals surface area contributed by atoms with Crippen LogP contribution in [-0.4, -0.2) is 62.3 Å². The predicted molar refractivity (Wildman–Crippen MR) is 144 cm³/mol. The van der Waals surface area contributed by atoms with E-state index >= 15 is 0 Å². The number of hydrogen-bond donors (Lipinski definition) is 3. The number of rotatable bonds is 11. The molecule has 8 nitrogen and oxygen atoms in total. The van der Waals surface area contributed by atoms with Crippen molar-refractivity contribution in [3.05, 3.63) is 90.2 Å². The summed E-state index contributed by atoms with van der Waals surface area (Å²) in [5.41, 5.74) is 1.49. The molecule has 1 heterocycles. The first-order valence-corrected chi connectivity index (χ1v) is 12.8. The molecule has 0 aromatic heterocycles. The molecular formula is C29H33FN4O4. The summed E-state index contributed by atoms with van der Waals surface area (Å²) >= 11 is 0. The van der Waals surface area contributed by atoms with E-state index in [1.54, 1.807) is 24.3 Å². The highest BCUT2D eigenvalue weighted by Gasteiger charge is 2.21. The van der Waals surface area contributed by atoms with Crippen LogP contribution in [0.3, 0.4) is 0 Å². The van der Waals surface area contributed by atoms with E-state index in [9.17, 15) is 14.0 Å². The van der Waals surface area contributed by atoms with Crippen molar-refractivity contribution in [2.45, 2.75) is 18.9 Å². The fraction of sp³-hybridized carbons (Fsp3) is 0.310. The lowest BCUT2D eigenvalue weighted by Gasteiger charge is -2.26. The molecule has 0 spiro atoms. The molecule has 200 valence electrons. The molecule has 1 fully saturated rings. The van der Waals surface area contributed by atoms with Crippen molar-refractivity contribution in [1.29, 1.82) is 0 Å². The number of carbonyl (C=O) groups excluding carboxylic acids is 2. The highest BCUT2D eigenvalue weighted by molar-refractivity contribution is 5.93. The van der Waals surface area contributed by atoms with E-state index in [2.05, 4.69) is 20.9 Å². The van der Waals surface area contributed by atoms with Gasteiger partial charge in [0.1, 0.15) is 23.4 Å². The van der Waals surface area contributed by atoms with Crippen molar-refractivity contribution in [1.82, 2.24) is 15.5 Å². The van der Waals surface area contributed by atoms with Crippen LogP contribution < -0.4 is 20.7 Å². The third-order valence-corrected chi connectivity index (χ3v) is 6.12. The van der Waals surface area contributed by atoms with Gasteiger partial charge in [0.05, 0.1) is 13.2 Å². The molecular weight excluding hydrogens is 487 g/mol. The van der Waals surface area contributed by atoms with E-state index in [4.69, 9.17) is 9.47 Å². The maximum atomic E-state index is 13.1. The van der Waals surface area contributed by atoms with Gasteiger partial charge in [0.2, 0.25) is 5.91 Å². The van der Waals surface area contributed by atoms with E-state index in [1.165, 1.54) is 24.3 Å².